The second-order valence-corrected chi connectivity index (χ2v) is 4.43. The average Bonchev–Trinajstić information content (AvgIpc) is 2.83. The number of rotatable bonds is 4. The Morgan fingerprint density at radius 2 is 2.16 bits per heavy atom. The minimum Gasteiger partial charge on any atom is -0.377 e. The second kappa shape index (κ2) is 5.19. The number of nitrogens with one attached hydrogen (secondary N) is 1. The molecule has 1 aromatic heterocycles. The summed E-state index contributed by atoms with van der Waals surface area (Å²) in [5, 5.41) is 10.9. The van der Waals surface area contributed by atoms with Crippen LogP contribution in [-0.2, 0) is 11.3 Å². The van der Waals surface area contributed by atoms with E-state index in [0.717, 1.165) is 5.69 Å². The first-order valence-corrected chi connectivity index (χ1v) is 6.14. The topological polar surface area (TPSA) is 69.0 Å². The lowest BCUT2D eigenvalue weighted by Crippen LogP contribution is -2.31. The molecule has 19 heavy (non-hydrogen) atoms. The monoisotopic (exact) mass is 258 g/mol. The van der Waals surface area contributed by atoms with E-state index in [0.29, 0.717) is 25.3 Å². The Balaban J connectivity index is 1.57. The minimum absolute atomic E-state index is 0.109. The predicted octanol–water partition coefficient (Wildman–Crippen LogP) is 0.779. The molecule has 0 unspecified atom stereocenters. The van der Waals surface area contributed by atoms with Crippen LogP contribution in [0.2, 0.25) is 0 Å². The Morgan fingerprint density at radius 1 is 1.37 bits per heavy atom. The molecule has 98 valence electrons. The molecule has 0 spiro atoms. The van der Waals surface area contributed by atoms with Gasteiger partial charge in [-0.15, -0.1) is 5.10 Å². The lowest BCUT2D eigenvalue weighted by atomic mass is 10.2. The van der Waals surface area contributed by atoms with Crippen molar-refractivity contribution >= 4 is 5.91 Å². The lowest BCUT2D eigenvalue weighted by molar-refractivity contribution is -0.0293. The molecule has 2 heterocycles. The van der Waals surface area contributed by atoms with E-state index in [4.69, 9.17) is 4.74 Å². The first-order valence-electron chi connectivity index (χ1n) is 6.14. The summed E-state index contributed by atoms with van der Waals surface area (Å²) in [6.45, 7) is 1.74. The highest BCUT2D eigenvalue weighted by Gasteiger charge is 2.21. The van der Waals surface area contributed by atoms with Crippen molar-refractivity contribution in [1.82, 2.24) is 20.3 Å². The van der Waals surface area contributed by atoms with Crippen molar-refractivity contribution in [3.8, 4) is 0 Å². The Labute approximate surface area is 110 Å². The minimum atomic E-state index is -0.109. The van der Waals surface area contributed by atoms with Gasteiger partial charge in [0.05, 0.1) is 26.0 Å². The molecule has 0 radical (unpaired) electrons. The summed E-state index contributed by atoms with van der Waals surface area (Å²) in [5.74, 6) is -0.109. The quantitative estimate of drug-likeness (QED) is 0.880. The van der Waals surface area contributed by atoms with Gasteiger partial charge in [-0.3, -0.25) is 4.79 Å². The third-order valence-corrected chi connectivity index (χ3v) is 3.02. The highest BCUT2D eigenvalue weighted by Crippen LogP contribution is 2.15. The third-order valence-electron chi connectivity index (χ3n) is 3.02. The van der Waals surface area contributed by atoms with E-state index in [1.165, 1.54) is 0 Å². The Kier molecular flexibility index (Phi) is 3.24. The van der Waals surface area contributed by atoms with E-state index in [2.05, 4.69) is 15.6 Å². The summed E-state index contributed by atoms with van der Waals surface area (Å²) in [7, 11) is 0. The standard InChI is InChI=1S/C13H14N4O2/c18-13(10-4-2-1-3-5-10)14-6-11-7-17(16-15-11)12-8-19-9-12/h1-5,7,12H,6,8-9H2,(H,14,18). The predicted molar refractivity (Wildman–Crippen MR) is 67.5 cm³/mol. The summed E-state index contributed by atoms with van der Waals surface area (Å²) in [6, 6.07) is 9.38. The Bertz CT molecular complexity index is 563. The van der Waals surface area contributed by atoms with Crippen molar-refractivity contribution < 1.29 is 9.53 Å². The molecule has 1 fully saturated rings. The lowest BCUT2D eigenvalue weighted by Gasteiger charge is -2.25. The molecule has 1 aliphatic rings. The van der Waals surface area contributed by atoms with E-state index in [1.54, 1.807) is 16.8 Å². The van der Waals surface area contributed by atoms with Crippen LogP contribution >= 0.6 is 0 Å². The van der Waals surface area contributed by atoms with Gasteiger partial charge in [-0.1, -0.05) is 23.4 Å². The molecule has 0 atom stereocenters. The van der Waals surface area contributed by atoms with Crippen LogP contribution in [0.3, 0.4) is 0 Å². The van der Waals surface area contributed by atoms with Crippen LogP contribution in [0.15, 0.2) is 36.5 Å². The normalized spacial score (nSPS) is 14.9. The van der Waals surface area contributed by atoms with Gasteiger partial charge < -0.3 is 10.1 Å². The van der Waals surface area contributed by atoms with Crippen LogP contribution < -0.4 is 5.32 Å². The van der Waals surface area contributed by atoms with Crippen molar-refractivity contribution in [2.24, 2.45) is 0 Å². The number of amides is 1. The molecule has 1 N–H and O–H groups in total. The van der Waals surface area contributed by atoms with Gasteiger partial charge in [-0.2, -0.15) is 0 Å². The summed E-state index contributed by atoms with van der Waals surface area (Å²) in [6.07, 6.45) is 1.85. The van der Waals surface area contributed by atoms with Gasteiger partial charge in [-0.25, -0.2) is 4.68 Å². The van der Waals surface area contributed by atoms with Gasteiger partial charge in [0.25, 0.3) is 5.91 Å². The average molecular weight is 258 g/mol. The third kappa shape index (κ3) is 2.63. The fourth-order valence-corrected chi connectivity index (χ4v) is 1.81. The molecule has 1 amide bonds. The molecule has 1 aromatic carbocycles. The summed E-state index contributed by atoms with van der Waals surface area (Å²) < 4.78 is 6.88. The summed E-state index contributed by atoms with van der Waals surface area (Å²) in [5.41, 5.74) is 1.39. The zero-order valence-corrected chi connectivity index (χ0v) is 10.3. The fourth-order valence-electron chi connectivity index (χ4n) is 1.81. The zero-order chi connectivity index (χ0) is 13.1. The summed E-state index contributed by atoms with van der Waals surface area (Å²) in [4.78, 5) is 11.8. The van der Waals surface area contributed by atoms with Gasteiger partial charge in [-0.05, 0) is 12.1 Å². The van der Waals surface area contributed by atoms with Gasteiger partial charge in [0.1, 0.15) is 11.7 Å². The number of benzene rings is 1. The van der Waals surface area contributed by atoms with Gasteiger partial charge in [0.15, 0.2) is 0 Å². The first kappa shape index (κ1) is 11.9. The smallest absolute Gasteiger partial charge is 0.251 e. The maximum Gasteiger partial charge on any atom is 0.251 e. The van der Waals surface area contributed by atoms with Crippen molar-refractivity contribution in [2.45, 2.75) is 12.6 Å². The van der Waals surface area contributed by atoms with E-state index < -0.39 is 0 Å². The highest BCUT2D eigenvalue weighted by molar-refractivity contribution is 5.93. The van der Waals surface area contributed by atoms with E-state index in [9.17, 15) is 4.79 Å². The molecular weight excluding hydrogens is 244 g/mol. The van der Waals surface area contributed by atoms with Crippen LogP contribution in [0.4, 0.5) is 0 Å². The number of carbonyl (C=O) groups excluding carboxylic acids is 1. The van der Waals surface area contributed by atoms with Crippen LogP contribution in [0.1, 0.15) is 22.1 Å². The fraction of sp³-hybridized carbons (Fsp3) is 0.308. The molecule has 0 bridgehead atoms. The molecule has 0 aliphatic carbocycles. The maximum atomic E-state index is 11.8. The number of nitrogens with zero attached hydrogens (tertiary/aromatic N) is 3. The largest absolute Gasteiger partial charge is 0.377 e. The molecule has 3 rings (SSSR count). The molecule has 1 saturated heterocycles. The van der Waals surface area contributed by atoms with E-state index >= 15 is 0 Å². The van der Waals surface area contributed by atoms with Crippen molar-refractivity contribution in [3.63, 3.8) is 0 Å². The number of ether oxygens (including phenoxy) is 1. The van der Waals surface area contributed by atoms with Gasteiger partial charge in [0, 0.05) is 5.56 Å². The van der Waals surface area contributed by atoms with E-state index in [-0.39, 0.29) is 11.9 Å². The van der Waals surface area contributed by atoms with Crippen molar-refractivity contribution in [2.75, 3.05) is 13.2 Å². The molecule has 1 aliphatic heterocycles. The van der Waals surface area contributed by atoms with Crippen molar-refractivity contribution in [3.05, 3.63) is 47.8 Å². The number of hydrogen-bond acceptors (Lipinski definition) is 4. The number of hydrogen-bond donors (Lipinski definition) is 1. The molecular formula is C13H14N4O2. The Hall–Kier alpha value is -2.21. The highest BCUT2D eigenvalue weighted by atomic mass is 16.5. The van der Waals surface area contributed by atoms with Crippen molar-refractivity contribution in [1.29, 1.82) is 0 Å². The van der Waals surface area contributed by atoms with E-state index in [1.807, 2.05) is 24.4 Å². The summed E-state index contributed by atoms with van der Waals surface area (Å²) >= 11 is 0. The number of carbonyl (C=O) groups is 1. The van der Waals surface area contributed by atoms with Crippen LogP contribution in [-0.4, -0.2) is 34.1 Å². The molecule has 6 heteroatoms. The SMILES string of the molecule is O=C(NCc1cn(C2COC2)nn1)c1ccccc1. The molecule has 2 aromatic rings. The van der Waals surface area contributed by atoms with Crippen LogP contribution in [0.5, 0.6) is 0 Å². The zero-order valence-electron chi connectivity index (χ0n) is 10.3. The van der Waals surface area contributed by atoms with Crippen LogP contribution in [0, 0.1) is 0 Å². The Morgan fingerprint density at radius 3 is 2.84 bits per heavy atom. The second-order valence-electron chi connectivity index (χ2n) is 4.43. The van der Waals surface area contributed by atoms with Gasteiger partial charge in [0.2, 0.25) is 0 Å². The molecule has 6 nitrogen and oxygen atoms in total. The van der Waals surface area contributed by atoms with Crippen LogP contribution in [0.25, 0.3) is 0 Å². The number of aromatic nitrogens is 3. The maximum absolute atomic E-state index is 11.8. The van der Waals surface area contributed by atoms with Gasteiger partial charge >= 0.3 is 0 Å². The molecule has 0 saturated carbocycles. The first-order chi connectivity index (χ1) is 9.33.